The monoisotopic (exact) mass is 1020 g/mol. The molecule has 0 amide bonds. The van der Waals surface area contributed by atoms with Gasteiger partial charge in [0.1, 0.15) is 19.3 Å². The summed E-state index contributed by atoms with van der Waals surface area (Å²) in [5, 5.41) is 0. The molecule has 8 nitrogen and oxygen atoms in total. The van der Waals surface area contributed by atoms with Gasteiger partial charge in [0, 0.05) is 13.0 Å². The molecule has 0 aromatic rings. The molecule has 0 saturated carbocycles. The molecule has 0 aliphatic heterocycles. The van der Waals surface area contributed by atoms with Crippen molar-refractivity contribution >= 4 is 13.8 Å². The first-order valence-corrected chi connectivity index (χ1v) is 31.2. The van der Waals surface area contributed by atoms with Gasteiger partial charge in [0.05, 0.1) is 34.4 Å². The Kier molecular flexibility index (Phi) is 52.6. The predicted octanol–water partition coefficient (Wildman–Crippen LogP) is 19.0. The Hall–Kier alpha value is -2.06. The van der Waals surface area contributed by atoms with Crippen LogP contribution < -0.4 is 0 Å². The van der Waals surface area contributed by atoms with Crippen LogP contribution >= 0.6 is 7.82 Å². The summed E-state index contributed by atoms with van der Waals surface area (Å²) in [5.41, 5.74) is 0. The van der Waals surface area contributed by atoms with Crippen molar-refractivity contribution in [1.82, 2.24) is 0 Å². The van der Waals surface area contributed by atoms with Crippen molar-refractivity contribution in [3.05, 3.63) is 72.9 Å². The van der Waals surface area contributed by atoms with Gasteiger partial charge < -0.3 is 18.9 Å². The van der Waals surface area contributed by atoms with Crippen molar-refractivity contribution in [2.75, 3.05) is 54.1 Å². The van der Waals surface area contributed by atoms with Crippen LogP contribution in [0.5, 0.6) is 0 Å². The number of allylic oxidation sites excluding steroid dienone is 12. The summed E-state index contributed by atoms with van der Waals surface area (Å²) in [6, 6.07) is 0. The molecule has 0 aliphatic carbocycles. The van der Waals surface area contributed by atoms with Crippen LogP contribution in [0.15, 0.2) is 72.9 Å². The lowest BCUT2D eigenvalue weighted by atomic mass is 10.0. The minimum absolute atomic E-state index is 0.0851. The lowest BCUT2D eigenvalue weighted by molar-refractivity contribution is -0.870. The van der Waals surface area contributed by atoms with E-state index >= 15 is 0 Å². The SMILES string of the molecule is CC/C=C\C/C=C\C/C=C\C/C=C\C/C=C\CCCCCCCCCCCC(=O)OC(COCCCCCCCCCCCCCC/C=C\CCCCCCCCCC)COP(=O)(O)OCC[N+](C)(C)C. The number of rotatable bonds is 55. The van der Waals surface area contributed by atoms with E-state index in [1.165, 1.54) is 167 Å². The van der Waals surface area contributed by atoms with Gasteiger partial charge in [-0.1, -0.05) is 241 Å². The largest absolute Gasteiger partial charge is 0.472 e. The van der Waals surface area contributed by atoms with Gasteiger partial charge >= 0.3 is 13.8 Å². The van der Waals surface area contributed by atoms with Gasteiger partial charge in [0.15, 0.2) is 0 Å². The zero-order chi connectivity index (χ0) is 51.9. The maximum absolute atomic E-state index is 12.8. The number of likely N-dealkylation sites (N-methyl/N-ethyl adjacent to an activating group) is 1. The van der Waals surface area contributed by atoms with E-state index in [0.29, 0.717) is 24.1 Å². The van der Waals surface area contributed by atoms with Crippen molar-refractivity contribution in [3.63, 3.8) is 0 Å². The Morgan fingerprint density at radius 3 is 1.24 bits per heavy atom. The molecule has 0 saturated heterocycles. The average Bonchev–Trinajstić information content (AvgIpc) is 3.33. The molecule has 0 aliphatic rings. The molecule has 2 unspecified atom stereocenters. The number of ether oxygens (including phenoxy) is 2. The van der Waals surface area contributed by atoms with E-state index in [1.54, 1.807) is 0 Å². The van der Waals surface area contributed by atoms with Crippen molar-refractivity contribution in [2.45, 2.75) is 264 Å². The lowest BCUT2D eigenvalue weighted by Gasteiger charge is -2.24. The number of hydrogen-bond acceptors (Lipinski definition) is 6. The average molecular weight is 1020 g/mol. The predicted molar refractivity (Wildman–Crippen MR) is 307 cm³/mol. The van der Waals surface area contributed by atoms with Gasteiger partial charge in [-0.3, -0.25) is 13.8 Å². The fourth-order valence-electron chi connectivity index (χ4n) is 8.22. The highest BCUT2D eigenvalue weighted by molar-refractivity contribution is 7.47. The van der Waals surface area contributed by atoms with Gasteiger partial charge in [0.25, 0.3) is 0 Å². The van der Waals surface area contributed by atoms with E-state index in [4.69, 9.17) is 18.5 Å². The molecule has 0 rings (SSSR count). The van der Waals surface area contributed by atoms with Crippen LogP contribution in [0.4, 0.5) is 0 Å². The molecule has 0 fully saturated rings. The van der Waals surface area contributed by atoms with Gasteiger partial charge in [-0.25, -0.2) is 4.57 Å². The Labute approximate surface area is 440 Å². The summed E-state index contributed by atoms with van der Waals surface area (Å²) in [5.74, 6) is -0.319. The molecule has 414 valence electrons. The zero-order valence-corrected chi connectivity index (χ0v) is 48.1. The first kappa shape index (κ1) is 68.9. The molecule has 0 bridgehead atoms. The van der Waals surface area contributed by atoms with Crippen molar-refractivity contribution in [1.29, 1.82) is 0 Å². The number of nitrogens with zero attached hydrogens (tertiary/aromatic N) is 1. The maximum atomic E-state index is 12.8. The summed E-state index contributed by atoms with van der Waals surface area (Å²) in [6.07, 6.45) is 72.5. The summed E-state index contributed by atoms with van der Waals surface area (Å²) >= 11 is 0. The Morgan fingerprint density at radius 2 is 0.817 bits per heavy atom. The fraction of sp³-hybridized carbons (Fsp3) is 0.790. The molecule has 1 N–H and O–H groups in total. The molecule has 0 aromatic carbocycles. The second-order valence-corrected chi connectivity index (χ2v) is 22.4. The van der Waals surface area contributed by atoms with E-state index in [1.807, 2.05) is 21.1 Å². The van der Waals surface area contributed by atoms with Crippen LogP contribution in [0, 0.1) is 0 Å². The Balaban J connectivity index is 4.08. The van der Waals surface area contributed by atoms with E-state index in [2.05, 4.69) is 86.8 Å². The highest BCUT2D eigenvalue weighted by atomic mass is 31.2. The van der Waals surface area contributed by atoms with Crippen molar-refractivity contribution < 1.29 is 37.3 Å². The topological polar surface area (TPSA) is 91.3 Å². The zero-order valence-electron chi connectivity index (χ0n) is 47.2. The first-order chi connectivity index (χ1) is 34.6. The minimum atomic E-state index is -4.29. The third-order valence-corrected chi connectivity index (χ3v) is 13.7. The number of esters is 1. The number of hydrogen-bond donors (Lipinski definition) is 1. The van der Waals surface area contributed by atoms with Gasteiger partial charge in [-0.15, -0.1) is 0 Å². The number of carbonyl (C=O) groups excluding carboxylic acids is 1. The highest BCUT2D eigenvalue weighted by Crippen LogP contribution is 2.43. The van der Waals surface area contributed by atoms with Crippen LogP contribution in [0.1, 0.15) is 258 Å². The van der Waals surface area contributed by atoms with Crippen molar-refractivity contribution in [3.8, 4) is 0 Å². The molecular weight excluding hydrogens is 902 g/mol. The number of unbranched alkanes of at least 4 members (excludes halogenated alkanes) is 29. The second-order valence-electron chi connectivity index (χ2n) is 21.0. The van der Waals surface area contributed by atoms with E-state index in [0.717, 1.165) is 70.6 Å². The summed E-state index contributed by atoms with van der Waals surface area (Å²) < 4.78 is 35.3. The van der Waals surface area contributed by atoms with Crippen molar-refractivity contribution in [2.24, 2.45) is 0 Å². The van der Waals surface area contributed by atoms with Crippen LogP contribution in [-0.4, -0.2) is 75.6 Å². The van der Waals surface area contributed by atoms with Crippen LogP contribution in [-0.2, 0) is 27.9 Å². The molecular formula is C62H115NO7P+. The number of phosphoric acid groups is 1. The smallest absolute Gasteiger partial charge is 0.457 e. The van der Waals surface area contributed by atoms with E-state index < -0.39 is 13.9 Å². The van der Waals surface area contributed by atoms with E-state index in [9.17, 15) is 14.3 Å². The number of quaternary nitrogens is 1. The third kappa shape index (κ3) is 58.7. The first-order valence-electron chi connectivity index (χ1n) is 29.7. The summed E-state index contributed by atoms with van der Waals surface area (Å²) in [6.45, 7) is 5.53. The Morgan fingerprint density at radius 1 is 0.451 bits per heavy atom. The molecule has 71 heavy (non-hydrogen) atoms. The quantitative estimate of drug-likeness (QED) is 0.0213. The molecule has 0 aromatic heterocycles. The van der Waals surface area contributed by atoms with Gasteiger partial charge in [-0.2, -0.15) is 0 Å². The molecule has 0 spiro atoms. The normalized spacial score (nSPS) is 13.9. The van der Waals surface area contributed by atoms with Crippen LogP contribution in [0.25, 0.3) is 0 Å². The van der Waals surface area contributed by atoms with Gasteiger partial charge in [-0.05, 0) is 83.5 Å². The highest BCUT2D eigenvalue weighted by Gasteiger charge is 2.26. The second kappa shape index (κ2) is 54.2. The van der Waals surface area contributed by atoms with Crippen LogP contribution in [0.3, 0.4) is 0 Å². The van der Waals surface area contributed by atoms with Crippen LogP contribution in [0.2, 0.25) is 0 Å². The summed E-state index contributed by atoms with van der Waals surface area (Å²) in [7, 11) is 1.66. The molecule has 0 heterocycles. The third-order valence-electron chi connectivity index (χ3n) is 12.8. The fourth-order valence-corrected chi connectivity index (χ4v) is 8.97. The Bertz CT molecular complexity index is 1370. The maximum Gasteiger partial charge on any atom is 0.472 e. The van der Waals surface area contributed by atoms with Gasteiger partial charge in [0.2, 0.25) is 0 Å². The van der Waals surface area contributed by atoms with E-state index in [-0.39, 0.29) is 25.8 Å². The summed E-state index contributed by atoms with van der Waals surface area (Å²) in [4.78, 5) is 23.1. The molecule has 0 radical (unpaired) electrons. The lowest BCUT2D eigenvalue weighted by Crippen LogP contribution is -2.37. The molecule has 2 atom stereocenters. The number of phosphoric ester groups is 1. The minimum Gasteiger partial charge on any atom is -0.457 e. The molecule has 9 heteroatoms. The number of carbonyl (C=O) groups is 1. The standard InChI is InChI=1S/C62H114NO7P/c1-6-8-10-12-14-16-18-20-22-24-26-28-30-32-33-35-37-39-41-43-45-47-49-51-53-55-62(64)70-61(60-69-71(65,66)68-58-56-63(3,4)5)59-67-57-54-52-50-48-46-44-42-40-38-36-34-31-29-27-25-23-21-19-17-15-13-11-9-7-2/h8,10,14,16,20,22,25-28,32-33,61H,6-7,9,11-13,15,17-19,21,23-24,29-31,34-60H2,1-5H3/p+1/b10-8-,16-14-,22-20-,27-25-,28-26-,33-32-.